The molecule has 2 amide bonds. The summed E-state index contributed by atoms with van der Waals surface area (Å²) in [6.07, 6.45) is 0. The number of carbonyl (C=O) groups excluding carboxylic acids is 2. The Hall–Kier alpha value is -1.63. The third kappa shape index (κ3) is 4.80. The Labute approximate surface area is 118 Å². The zero-order valence-corrected chi connectivity index (χ0v) is 12.3. The van der Waals surface area contributed by atoms with E-state index in [2.05, 4.69) is 5.32 Å². The third-order valence-corrected chi connectivity index (χ3v) is 3.33. The van der Waals surface area contributed by atoms with Crippen LogP contribution >= 0.6 is 0 Å². The van der Waals surface area contributed by atoms with Crippen LogP contribution in [0.4, 0.5) is 0 Å². The molecule has 0 radical (unpaired) electrons. The first kappa shape index (κ1) is 16.4. The second kappa shape index (κ2) is 7.23. The van der Waals surface area contributed by atoms with Gasteiger partial charge in [0.1, 0.15) is 6.04 Å². The number of hydrogen-bond donors (Lipinski definition) is 2. The van der Waals surface area contributed by atoms with Gasteiger partial charge in [0.15, 0.2) is 0 Å². The molecule has 0 aromatic heterocycles. The van der Waals surface area contributed by atoms with Crippen molar-refractivity contribution in [2.75, 3.05) is 32.7 Å². The molecule has 1 aliphatic heterocycles. The fourth-order valence-electron chi connectivity index (χ4n) is 2.25. The highest BCUT2D eigenvalue weighted by Gasteiger charge is 2.30. The summed E-state index contributed by atoms with van der Waals surface area (Å²) in [6.45, 7) is 7.25. The number of hydrogen-bond acceptors (Lipinski definition) is 4. The Morgan fingerprint density at radius 1 is 1.15 bits per heavy atom. The molecule has 2 N–H and O–H groups in total. The lowest BCUT2D eigenvalue weighted by Crippen LogP contribution is -2.56. The Morgan fingerprint density at radius 2 is 1.70 bits per heavy atom. The van der Waals surface area contributed by atoms with Gasteiger partial charge >= 0.3 is 5.97 Å². The number of piperazine rings is 1. The van der Waals surface area contributed by atoms with Gasteiger partial charge in [0.05, 0.1) is 6.54 Å². The van der Waals surface area contributed by atoms with Crippen molar-refractivity contribution in [3.63, 3.8) is 0 Å². The van der Waals surface area contributed by atoms with E-state index in [9.17, 15) is 14.4 Å². The molecule has 0 aromatic carbocycles. The lowest BCUT2D eigenvalue weighted by atomic mass is 10.0. The number of amides is 2. The van der Waals surface area contributed by atoms with Crippen LogP contribution in [0.3, 0.4) is 0 Å². The maximum Gasteiger partial charge on any atom is 0.317 e. The highest BCUT2D eigenvalue weighted by molar-refractivity contribution is 5.87. The molecule has 1 fully saturated rings. The molecule has 0 saturated carbocycles. The van der Waals surface area contributed by atoms with Crippen molar-refractivity contribution < 1.29 is 19.5 Å². The first-order valence-corrected chi connectivity index (χ1v) is 6.81. The monoisotopic (exact) mass is 285 g/mol. The molecule has 0 bridgehead atoms. The second-order valence-corrected chi connectivity index (χ2v) is 5.42. The number of carbonyl (C=O) groups is 3. The molecule has 0 aromatic rings. The minimum Gasteiger partial charge on any atom is -0.480 e. The molecule has 114 valence electrons. The zero-order valence-electron chi connectivity index (χ0n) is 12.3. The van der Waals surface area contributed by atoms with Gasteiger partial charge in [0, 0.05) is 33.1 Å². The topological polar surface area (TPSA) is 90.0 Å². The number of aliphatic carboxylic acids is 1. The first-order valence-electron chi connectivity index (χ1n) is 6.81. The molecule has 20 heavy (non-hydrogen) atoms. The van der Waals surface area contributed by atoms with Crippen LogP contribution in [0.1, 0.15) is 20.8 Å². The lowest BCUT2D eigenvalue weighted by molar-refractivity contribution is -0.141. The van der Waals surface area contributed by atoms with Crippen molar-refractivity contribution in [1.29, 1.82) is 0 Å². The van der Waals surface area contributed by atoms with Gasteiger partial charge in [-0.05, 0) is 5.92 Å². The molecular formula is C13H23N3O4. The molecular weight excluding hydrogens is 262 g/mol. The minimum absolute atomic E-state index is 0.00132. The van der Waals surface area contributed by atoms with Crippen LogP contribution in [0.2, 0.25) is 0 Å². The first-order chi connectivity index (χ1) is 9.31. The molecule has 1 unspecified atom stereocenters. The Balaban J connectivity index is 2.55. The van der Waals surface area contributed by atoms with E-state index in [0.29, 0.717) is 26.2 Å². The van der Waals surface area contributed by atoms with E-state index in [1.165, 1.54) is 6.92 Å². The summed E-state index contributed by atoms with van der Waals surface area (Å²) in [5.41, 5.74) is 0. The molecule has 1 aliphatic rings. The Morgan fingerprint density at radius 3 is 2.10 bits per heavy atom. The van der Waals surface area contributed by atoms with Crippen LogP contribution < -0.4 is 5.32 Å². The average molecular weight is 285 g/mol. The smallest absolute Gasteiger partial charge is 0.317 e. The van der Waals surface area contributed by atoms with Gasteiger partial charge < -0.3 is 15.3 Å². The molecule has 1 saturated heterocycles. The van der Waals surface area contributed by atoms with E-state index >= 15 is 0 Å². The van der Waals surface area contributed by atoms with Gasteiger partial charge in [0.2, 0.25) is 11.8 Å². The molecule has 1 atom stereocenters. The van der Waals surface area contributed by atoms with E-state index in [1.54, 1.807) is 9.80 Å². The maximum absolute atomic E-state index is 12.4. The van der Waals surface area contributed by atoms with Crippen LogP contribution in [0, 0.1) is 5.92 Å². The Bertz CT molecular complexity index is 376. The fraction of sp³-hybridized carbons (Fsp3) is 0.769. The number of nitrogens with zero attached hydrogens (tertiary/aromatic N) is 2. The van der Waals surface area contributed by atoms with E-state index in [-0.39, 0.29) is 24.3 Å². The van der Waals surface area contributed by atoms with Gasteiger partial charge in [-0.3, -0.25) is 19.3 Å². The van der Waals surface area contributed by atoms with Crippen LogP contribution in [0.5, 0.6) is 0 Å². The van der Waals surface area contributed by atoms with Gasteiger partial charge in [-0.15, -0.1) is 0 Å². The standard InChI is InChI=1S/C13H23N3O4/c1-9(2)12(14-10(3)17)13(20)16-6-4-15(5-7-16)8-11(18)19/h9,12H,4-8H2,1-3H3,(H,14,17)(H,18,19). The summed E-state index contributed by atoms with van der Waals surface area (Å²) in [5.74, 6) is -1.15. The molecule has 1 rings (SSSR count). The quantitative estimate of drug-likeness (QED) is 0.702. The maximum atomic E-state index is 12.4. The summed E-state index contributed by atoms with van der Waals surface area (Å²) in [7, 11) is 0. The Kier molecular flexibility index (Phi) is 5.94. The lowest BCUT2D eigenvalue weighted by Gasteiger charge is -2.36. The molecule has 0 spiro atoms. The SMILES string of the molecule is CC(=O)NC(C(=O)N1CCN(CC(=O)O)CC1)C(C)C. The minimum atomic E-state index is -0.858. The van der Waals surface area contributed by atoms with Crippen molar-refractivity contribution in [3.05, 3.63) is 0 Å². The molecule has 1 heterocycles. The number of nitrogens with one attached hydrogen (secondary N) is 1. The number of rotatable bonds is 5. The normalized spacial score (nSPS) is 17.9. The predicted molar refractivity (Wildman–Crippen MR) is 73.1 cm³/mol. The van der Waals surface area contributed by atoms with Crippen LogP contribution in [0.25, 0.3) is 0 Å². The third-order valence-electron chi connectivity index (χ3n) is 3.33. The number of carboxylic acids is 1. The van der Waals surface area contributed by atoms with Crippen LogP contribution in [-0.4, -0.2) is 71.5 Å². The van der Waals surface area contributed by atoms with E-state index in [1.807, 2.05) is 13.8 Å². The van der Waals surface area contributed by atoms with E-state index in [0.717, 1.165) is 0 Å². The molecule has 7 heteroatoms. The van der Waals surface area contributed by atoms with Crippen LogP contribution in [0.15, 0.2) is 0 Å². The largest absolute Gasteiger partial charge is 0.480 e. The molecule has 7 nitrogen and oxygen atoms in total. The van der Waals surface area contributed by atoms with Gasteiger partial charge in [-0.2, -0.15) is 0 Å². The summed E-state index contributed by atoms with van der Waals surface area (Å²) in [4.78, 5) is 37.7. The van der Waals surface area contributed by atoms with Crippen molar-refractivity contribution in [3.8, 4) is 0 Å². The molecule has 0 aliphatic carbocycles. The predicted octanol–water partition coefficient (Wildman–Crippen LogP) is -0.624. The van der Waals surface area contributed by atoms with Crippen molar-refractivity contribution in [1.82, 2.24) is 15.1 Å². The zero-order chi connectivity index (χ0) is 15.3. The number of carboxylic acid groups (broad SMARTS) is 1. The van der Waals surface area contributed by atoms with Gasteiger partial charge in [-0.1, -0.05) is 13.8 Å². The van der Waals surface area contributed by atoms with Crippen LogP contribution in [-0.2, 0) is 14.4 Å². The average Bonchev–Trinajstić information content (AvgIpc) is 2.35. The fourth-order valence-corrected chi connectivity index (χ4v) is 2.25. The van der Waals surface area contributed by atoms with Gasteiger partial charge in [0.25, 0.3) is 0 Å². The highest BCUT2D eigenvalue weighted by atomic mass is 16.4. The van der Waals surface area contributed by atoms with Crippen molar-refractivity contribution >= 4 is 17.8 Å². The van der Waals surface area contributed by atoms with Gasteiger partial charge in [-0.25, -0.2) is 0 Å². The summed E-state index contributed by atoms with van der Waals surface area (Å²) < 4.78 is 0. The summed E-state index contributed by atoms with van der Waals surface area (Å²) in [6, 6.07) is -0.515. The van der Waals surface area contributed by atoms with E-state index in [4.69, 9.17) is 5.11 Å². The van der Waals surface area contributed by atoms with E-state index < -0.39 is 12.0 Å². The summed E-state index contributed by atoms with van der Waals surface area (Å²) in [5, 5.41) is 11.4. The van der Waals surface area contributed by atoms with Crippen molar-refractivity contribution in [2.45, 2.75) is 26.8 Å². The second-order valence-electron chi connectivity index (χ2n) is 5.42. The highest BCUT2D eigenvalue weighted by Crippen LogP contribution is 2.09. The summed E-state index contributed by atoms with van der Waals surface area (Å²) >= 11 is 0. The van der Waals surface area contributed by atoms with Crippen molar-refractivity contribution in [2.24, 2.45) is 5.92 Å².